The van der Waals surface area contributed by atoms with E-state index in [0.717, 1.165) is 22.4 Å². The van der Waals surface area contributed by atoms with E-state index in [0.29, 0.717) is 13.2 Å². The molecule has 0 radical (unpaired) electrons. The summed E-state index contributed by atoms with van der Waals surface area (Å²) in [7, 11) is 0. The summed E-state index contributed by atoms with van der Waals surface area (Å²) in [5.41, 5.74) is 10.3. The van der Waals surface area contributed by atoms with Crippen LogP contribution in [0.1, 0.15) is 18.1 Å². The van der Waals surface area contributed by atoms with Crippen LogP contribution >= 0.6 is 0 Å². The van der Waals surface area contributed by atoms with E-state index in [1.54, 1.807) is 6.20 Å². The number of ether oxygens (including phenoxy) is 1. The molecule has 0 spiro atoms. The third-order valence-electron chi connectivity index (χ3n) is 2.82. The number of rotatable bonds is 4. The van der Waals surface area contributed by atoms with Crippen LogP contribution in [-0.4, -0.2) is 11.6 Å². The smallest absolute Gasteiger partial charge is 0.138 e. The van der Waals surface area contributed by atoms with Crippen molar-refractivity contribution in [2.24, 2.45) is 5.73 Å². The van der Waals surface area contributed by atoms with E-state index in [2.05, 4.69) is 30.1 Å². The molecule has 18 heavy (non-hydrogen) atoms. The van der Waals surface area contributed by atoms with Crippen LogP contribution in [0.3, 0.4) is 0 Å². The van der Waals surface area contributed by atoms with Gasteiger partial charge in [-0.3, -0.25) is 4.98 Å². The number of pyridine rings is 1. The summed E-state index contributed by atoms with van der Waals surface area (Å²) in [5, 5.41) is 0. The van der Waals surface area contributed by atoms with Gasteiger partial charge in [0, 0.05) is 18.3 Å². The normalized spacial score (nSPS) is 10.4. The highest BCUT2D eigenvalue weighted by Gasteiger charge is 2.06. The fraction of sp³-hybridized carbons (Fsp3) is 0.267. The second-order valence-corrected chi connectivity index (χ2v) is 4.21. The van der Waals surface area contributed by atoms with Crippen LogP contribution in [0, 0.1) is 6.92 Å². The van der Waals surface area contributed by atoms with Crippen LogP contribution in [-0.2, 0) is 6.54 Å². The number of nitrogens with two attached hydrogens (primary N) is 1. The van der Waals surface area contributed by atoms with E-state index in [1.807, 2.05) is 19.2 Å². The third kappa shape index (κ3) is 2.68. The molecular weight excluding hydrogens is 224 g/mol. The Hall–Kier alpha value is -1.87. The summed E-state index contributed by atoms with van der Waals surface area (Å²) in [6.07, 6.45) is 3.57. The van der Waals surface area contributed by atoms with Gasteiger partial charge >= 0.3 is 0 Å². The van der Waals surface area contributed by atoms with Gasteiger partial charge in [0.05, 0.1) is 12.8 Å². The molecule has 0 unspecified atom stereocenters. The zero-order valence-corrected chi connectivity index (χ0v) is 10.8. The second kappa shape index (κ2) is 5.65. The number of hydrogen-bond donors (Lipinski definition) is 1. The summed E-state index contributed by atoms with van der Waals surface area (Å²) in [6, 6.07) is 8.28. The minimum atomic E-state index is 0.522. The molecule has 0 aliphatic rings. The Morgan fingerprint density at radius 2 is 2.06 bits per heavy atom. The SMILES string of the molecule is CCOc1cncc(-c2cc(C)ccc2CN)c1. The lowest BCUT2D eigenvalue weighted by Gasteiger charge is -2.10. The van der Waals surface area contributed by atoms with Gasteiger partial charge in [0.15, 0.2) is 0 Å². The summed E-state index contributed by atoms with van der Waals surface area (Å²) in [6.45, 7) is 5.20. The summed E-state index contributed by atoms with van der Waals surface area (Å²) >= 11 is 0. The molecule has 1 heterocycles. The van der Waals surface area contributed by atoms with Gasteiger partial charge in [0.1, 0.15) is 5.75 Å². The van der Waals surface area contributed by atoms with Crippen LogP contribution in [0.25, 0.3) is 11.1 Å². The third-order valence-corrected chi connectivity index (χ3v) is 2.82. The van der Waals surface area contributed by atoms with Gasteiger partial charge < -0.3 is 10.5 Å². The van der Waals surface area contributed by atoms with E-state index < -0.39 is 0 Å². The Balaban J connectivity index is 2.47. The molecular formula is C15H18N2O. The highest BCUT2D eigenvalue weighted by Crippen LogP contribution is 2.27. The average molecular weight is 242 g/mol. The maximum atomic E-state index is 5.78. The molecule has 1 aromatic heterocycles. The molecule has 0 bridgehead atoms. The molecule has 2 N–H and O–H groups in total. The predicted molar refractivity (Wildman–Crippen MR) is 73.5 cm³/mol. The first-order chi connectivity index (χ1) is 8.74. The average Bonchev–Trinajstić information content (AvgIpc) is 2.39. The highest BCUT2D eigenvalue weighted by molar-refractivity contribution is 5.68. The Labute approximate surface area is 108 Å². The molecule has 0 saturated carbocycles. The molecule has 94 valence electrons. The first-order valence-corrected chi connectivity index (χ1v) is 6.12. The molecule has 1 aromatic carbocycles. The van der Waals surface area contributed by atoms with Gasteiger partial charge in [-0.1, -0.05) is 23.8 Å². The lowest BCUT2D eigenvalue weighted by molar-refractivity contribution is 0.339. The molecule has 0 atom stereocenters. The Bertz CT molecular complexity index is 538. The van der Waals surface area contributed by atoms with Crippen molar-refractivity contribution in [3.8, 4) is 16.9 Å². The van der Waals surface area contributed by atoms with E-state index >= 15 is 0 Å². The van der Waals surface area contributed by atoms with E-state index in [4.69, 9.17) is 10.5 Å². The van der Waals surface area contributed by atoms with E-state index in [1.165, 1.54) is 5.56 Å². The number of hydrogen-bond acceptors (Lipinski definition) is 3. The van der Waals surface area contributed by atoms with Crippen molar-refractivity contribution in [2.45, 2.75) is 20.4 Å². The quantitative estimate of drug-likeness (QED) is 0.896. The summed E-state index contributed by atoms with van der Waals surface area (Å²) < 4.78 is 5.48. The van der Waals surface area contributed by atoms with E-state index in [-0.39, 0.29) is 0 Å². The van der Waals surface area contributed by atoms with Crippen LogP contribution in [0.5, 0.6) is 5.75 Å². The van der Waals surface area contributed by atoms with Gasteiger partial charge in [-0.25, -0.2) is 0 Å². The van der Waals surface area contributed by atoms with E-state index in [9.17, 15) is 0 Å². The number of aromatic nitrogens is 1. The Morgan fingerprint density at radius 1 is 1.22 bits per heavy atom. The van der Waals surface area contributed by atoms with Crippen LogP contribution in [0.4, 0.5) is 0 Å². The van der Waals surface area contributed by atoms with Crippen LogP contribution in [0.15, 0.2) is 36.7 Å². The molecule has 0 aliphatic carbocycles. The molecule has 2 aromatic rings. The standard InChI is InChI=1S/C15H18N2O/c1-3-18-14-7-13(9-17-10-14)15-6-11(2)4-5-12(15)8-16/h4-7,9-10H,3,8,16H2,1-2H3. The monoisotopic (exact) mass is 242 g/mol. The van der Waals surface area contributed by atoms with Crippen molar-refractivity contribution in [1.82, 2.24) is 4.98 Å². The first kappa shape index (κ1) is 12.6. The van der Waals surface area contributed by atoms with Gasteiger partial charge in [-0.05, 0) is 31.0 Å². The topological polar surface area (TPSA) is 48.1 Å². The van der Waals surface area contributed by atoms with Crippen LogP contribution in [0.2, 0.25) is 0 Å². The van der Waals surface area contributed by atoms with Gasteiger partial charge in [-0.15, -0.1) is 0 Å². The molecule has 2 rings (SSSR count). The summed E-state index contributed by atoms with van der Waals surface area (Å²) in [5.74, 6) is 0.791. The lowest BCUT2D eigenvalue weighted by atomic mass is 9.99. The lowest BCUT2D eigenvalue weighted by Crippen LogP contribution is -2.00. The molecule has 0 saturated heterocycles. The molecule has 0 aliphatic heterocycles. The maximum Gasteiger partial charge on any atom is 0.138 e. The Kier molecular flexibility index (Phi) is 3.95. The van der Waals surface area contributed by atoms with Crippen molar-refractivity contribution < 1.29 is 4.74 Å². The minimum absolute atomic E-state index is 0.522. The zero-order valence-electron chi connectivity index (χ0n) is 10.8. The number of benzene rings is 1. The number of nitrogens with zero attached hydrogens (tertiary/aromatic N) is 1. The minimum Gasteiger partial charge on any atom is -0.492 e. The van der Waals surface area contributed by atoms with Crippen molar-refractivity contribution >= 4 is 0 Å². The molecule has 0 amide bonds. The second-order valence-electron chi connectivity index (χ2n) is 4.21. The van der Waals surface area contributed by atoms with Crippen molar-refractivity contribution in [3.63, 3.8) is 0 Å². The van der Waals surface area contributed by atoms with Gasteiger partial charge in [-0.2, -0.15) is 0 Å². The first-order valence-electron chi connectivity index (χ1n) is 6.12. The fourth-order valence-corrected chi connectivity index (χ4v) is 1.95. The Morgan fingerprint density at radius 3 is 2.78 bits per heavy atom. The molecule has 3 heteroatoms. The molecule has 3 nitrogen and oxygen atoms in total. The highest BCUT2D eigenvalue weighted by atomic mass is 16.5. The van der Waals surface area contributed by atoms with Crippen molar-refractivity contribution in [1.29, 1.82) is 0 Å². The van der Waals surface area contributed by atoms with Gasteiger partial charge in [0.2, 0.25) is 0 Å². The number of aryl methyl sites for hydroxylation is 1. The van der Waals surface area contributed by atoms with Gasteiger partial charge in [0.25, 0.3) is 0 Å². The fourth-order valence-electron chi connectivity index (χ4n) is 1.95. The summed E-state index contributed by atoms with van der Waals surface area (Å²) in [4.78, 5) is 4.22. The predicted octanol–water partition coefficient (Wildman–Crippen LogP) is 2.91. The van der Waals surface area contributed by atoms with Crippen molar-refractivity contribution in [2.75, 3.05) is 6.61 Å². The van der Waals surface area contributed by atoms with Crippen LogP contribution < -0.4 is 10.5 Å². The zero-order chi connectivity index (χ0) is 13.0. The van der Waals surface area contributed by atoms with Crippen molar-refractivity contribution in [3.05, 3.63) is 47.8 Å². The molecule has 0 fully saturated rings. The maximum absolute atomic E-state index is 5.78. The largest absolute Gasteiger partial charge is 0.492 e.